The third-order valence-electron chi connectivity index (χ3n) is 4.99. The summed E-state index contributed by atoms with van der Waals surface area (Å²) in [6.07, 6.45) is 6.39. The third-order valence-corrected chi connectivity index (χ3v) is 4.99. The summed E-state index contributed by atoms with van der Waals surface area (Å²) in [6.45, 7) is 3.56. The van der Waals surface area contributed by atoms with E-state index in [1.165, 1.54) is 0 Å². The lowest BCUT2D eigenvalue weighted by molar-refractivity contribution is -0.131. The highest BCUT2D eigenvalue weighted by atomic mass is 16.2. The molecule has 0 bridgehead atoms. The number of likely N-dealkylation sites (tertiary alicyclic amines) is 1. The number of aromatic amines is 1. The molecule has 0 unspecified atom stereocenters. The minimum atomic E-state index is -0.0864. The first-order chi connectivity index (χ1) is 11.7. The summed E-state index contributed by atoms with van der Waals surface area (Å²) in [5.74, 6) is 0.548. The number of hydrogen-bond donors (Lipinski definition) is 1. The van der Waals surface area contributed by atoms with Crippen LogP contribution in [0.1, 0.15) is 32.8 Å². The maximum Gasteiger partial charge on any atom is 0.236 e. The van der Waals surface area contributed by atoms with Gasteiger partial charge in [-0.15, -0.1) is 0 Å². The zero-order valence-corrected chi connectivity index (χ0v) is 13.4. The number of amides is 1. The molecule has 2 atom stereocenters. The molecule has 0 saturated carbocycles. The van der Waals surface area contributed by atoms with Crippen molar-refractivity contribution in [3.8, 4) is 6.07 Å². The van der Waals surface area contributed by atoms with Crippen molar-refractivity contribution in [3.05, 3.63) is 30.4 Å². The number of nitriles is 1. The number of rotatable bonds is 2. The highest BCUT2D eigenvalue weighted by molar-refractivity contribution is 5.78. The smallest absolute Gasteiger partial charge is 0.236 e. The number of fused-ring (bicyclic) bond motifs is 3. The summed E-state index contributed by atoms with van der Waals surface area (Å²) in [4.78, 5) is 25.9. The van der Waals surface area contributed by atoms with Crippen LogP contribution in [0.3, 0.4) is 0 Å². The summed E-state index contributed by atoms with van der Waals surface area (Å²) in [7, 11) is 0. The molecule has 1 amide bonds. The molecular weight excluding hydrogens is 304 g/mol. The van der Waals surface area contributed by atoms with Crippen molar-refractivity contribution in [1.29, 1.82) is 5.26 Å². The summed E-state index contributed by atoms with van der Waals surface area (Å²) < 4.78 is 2.12. The predicted octanol–water partition coefficient (Wildman–Crippen LogP) is 2.32. The van der Waals surface area contributed by atoms with Crippen LogP contribution in [-0.2, 0) is 4.79 Å². The molecule has 4 heterocycles. The Labute approximate surface area is 140 Å². The number of carbonyl (C=O) groups is 1. The van der Waals surface area contributed by atoms with E-state index in [9.17, 15) is 4.79 Å². The monoisotopic (exact) mass is 324 g/mol. The normalized spacial score (nSPS) is 21.2. The van der Waals surface area contributed by atoms with E-state index in [1.54, 1.807) is 6.20 Å². The van der Waals surface area contributed by atoms with E-state index in [4.69, 9.17) is 5.26 Å². The maximum atomic E-state index is 12.1. The van der Waals surface area contributed by atoms with Crippen LogP contribution in [0.15, 0.2) is 24.7 Å². The van der Waals surface area contributed by atoms with Crippen LogP contribution in [0.4, 0.5) is 0 Å². The van der Waals surface area contributed by atoms with Gasteiger partial charge in [0.05, 0.1) is 17.8 Å². The number of imidazole rings is 1. The van der Waals surface area contributed by atoms with E-state index in [0.29, 0.717) is 12.5 Å². The third kappa shape index (κ3) is 2.22. The Balaban J connectivity index is 0.00000182. The summed E-state index contributed by atoms with van der Waals surface area (Å²) in [5.41, 5.74) is 3.72. The van der Waals surface area contributed by atoms with Gasteiger partial charge in [0, 0.05) is 38.5 Å². The van der Waals surface area contributed by atoms with Gasteiger partial charge < -0.3 is 9.88 Å². The topological polar surface area (TPSA) is 90.1 Å². The lowest BCUT2D eigenvalue weighted by Crippen LogP contribution is -2.42. The van der Waals surface area contributed by atoms with Gasteiger partial charge in [-0.05, 0) is 18.4 Å². The molecule has 3 aromatic heterocycles. The number of H-pyrrole nitrogens is 1. The average molecular weight is 324 g/mol. The number of piperidine rings is 1. The van der Waals surface area contributed by atoms with Crippen molar-refractivity contribution in [2.75, 3.05) is 13.1 Å². The number of carbonyl (C=O) groups excluding carboxylic acids is 1. The first kappa shape index (κ1) is 14.7. The van der Waals surface area contributed by atoms with E-state index >= 15 is 0 Å². The number of nitrogens with one attached hydrogen (secondary N) is 1. The molecular formula is C17H20N6O. The molecule has 0 aliphatic carbocycles. The molecule has 0 radical (unpaired) electrons. The highest BCUT2D eigenvalue weighted by Gasteiger charge is 2.32. The minimum absolute atomic E-state index is 0. The van der Waals surface area contributed by atoms with Crippen molar-refractivity contribution in [2.45, 2.75) is 25.7 Å². The van der Waals surface area contributed by atoms with Crippen LogP contribution in [0.2, 0.25) is 0 Å². The fourth-order valence-electron chi connectivity index (χ4n) is 3.61. The molecule has 7 nitrogen and oxygen atoms in total. The fraction of sp³-hybridized carbons (Fsp3) is 0.412. The second-order valence-electron chi connectivity index (χ2n) is 6.39. The number of hydrogen-bond acceptors (Lipinski definition) is 4. The van der Waals surface area contributed by atoms with Gasteiger partial charge >= 0.3 is 0 Å². The van der Waals surface area contributed by atoms with Crippen molar-refractivity contribution < 1.29 is 6.22 Å². The molecule has 1 N–H and O–H groups in total. The minimum Gasteiger partial charge on any atom is -0.345 e. The molecule has 3 aromatic rings. The van der Waals surface area contributed by atoms with Gasteiger partial charge in [-0.1, -0.05) is 6.92 Å². The predicted molar refractivity (Wildman–Crippen MR) is 90.3 cm³/mol. The van der Waals surface area contributed by atoms with Crippen molar-refractivity contribution in [1.82, 2.24) is 24.3 Å². The van der Waals surface area contributed by atoms with Crippen LogP contribution >= 0.6 is 0 Å². The standard InChI is InChI=1S/C17H18N6O.H2/c1-11-4-7-22(16(24)2-5-18)10-12(11)14-8-20-15-9-21-17-13(23(14)15)3-6-19-17;/h3,6,8-9,11-12,19H,2,4,7,10H2,1H3;1H/t11-,12+;/m1./s1. The van der Waals surface area contributed by atoms with Gasteiger partial charge in [-0.2, -0.15) is 5.26 Å². The lowest BCUT2D eigenvalue weighted by Gasteiger charge is -2.36. The zero-order chi connectivity index (χ0) is 16.7. The number of nitrogens with zero attached hydrogens (tertiary/aromatic N) is 5. The summed E-state index contributed by atoms with van der Waals surface area (Å²) in [6, 6.07) is 3.95. The fourth-order valence-corrected chi connectivity index (χ4v) is 3.61. The van der Waals surface area contributed by atoms with Crippen LogP contribution < -0.4 is 0 Å². The Bertz CT molecular complexity index is 955. The molecule has 124 valence electrons. The van der Waals surface area contributed by atoms with E-state index in [0.717, 1.165) is 35.5 Å². The van der Waals surface area contributed by atoms with Gasteiger partial charge in [-0.25, -0.2) is 9.97 Å². The van der Waals surface area contributed by atoms with Crippen LogP contribution in [-0.4, -0.2) is 43.2 Å². The quantitative estimate of drug-likeness (QED) is 0.783. The summed E-state index contributed by atoms with van der Waals surface area (Å²) in [5, 5.41) is 8.78. The Morgan fingerprint density at radius 2 is 2.38 bits per heavy atom. The van der Waals surface area contributed by atoms with Crippen molar-refractivity contribution >= 4 is 22.7 Å². The molecule has 0 aromatic carbocycles. The van der Waals surface area contributed by atoms with Gasteiger partial charge in [0.1, 0.15) is 6.42 Å². The molecule has 1 fully saturated rings. The molecule has 4 rings (SSSR count). The highest BCUT2D eigenvalue weighted by Crippen LogP contribution is 2.33. The average Bonchev–Trinajstić information content (AvgIpc) is 3.21. The molecule has 24 heavy (non-hydrogen) atoms. The van der Waals surface area contributed by atoms with Crippen LogP contribution in [0.25, 0.3) is 16.8 Å². The Hall–Kier alpha value is -2.88. The lowest BCUT2D eigenvalue weighted by atomic mass is 9.84. The van der Waals surface area contributed by atoms with Gasteiger partial charge in [-0.3, -0.25) is 9.20 Å². The van der Waals surface area contributed by atoms with Crippen molar-refractivity contribution in [2.24, 2.45) is 5.92 Å². The van der Waals surface area contributed by atoms with Gasteiger partial charge in [0.15, 0.2) is 11.3 Å². The molecule has 1 aliphatic rings. The first-order valence-corrected chi connectivity index (χ1v) is 8.13. The van der Waals surface area contributed by atoms with Gasteiger partial charge in [0.25, 0.3) is 0 Å². The largest absolute Gasteiger partial charge is 0.345 e. The summed E-state index contributed by atoms with van der Waals surface area (Å²) >= 11 is 0. The van der Waals surface area contributed by atoms with E-state index < -0.39 is 0 Å². The molecule has 7 heteroatoms. The van der Waals surface area contributed by atoms with Crippen LogP contribution in [0, 0.1) is 17.2 Å². The second kappa shape index (κ2) is 5.64. The van der Waals surface area contributed by atoms with Crippen molar-refractivity contribution in [3.63, 3.8) is 0 Å². The Kier molecular flexibility index (Phi) is 3.45. The second-order valence-corrected chi connectivity index (χ2v) is 6.39. The van der Waals surface area contributed by atoms with E-state index in [1.807, 2.05) is 29.4 Å². The van der Waals surface area contributed by atoms with Crippen LogP contribution in [0.5, 0.6) is 0 Å². The van der Waals surface area contributed by atoms with Gasteiger partial charge in [0.2, 0.25) is 5.91 Å². The number of aromatic nitrogens is 4. The first-order valence-electron chi connectivity index (χ1n) is 8.13. The Morgan fingerprint density at radius 3 is 3.21 bits per heavy atom. The molecule has 0 spiro atoms. The van der Waals surface area contributed by atoms with E-state index in [-0.39, 0.29) is 19.7 Å². The maximum absolute atomic E-state index is 12.1. The molecule has 1 saturated heterocycles. The Morgan fingerprint density at radius 1 is 1.50 bits per heavy atom. The molecule has 1 aliphatic heterocycles. The SMILES string of the molecule is C[C@@H]1CCN(C(=O)CC#N)C[C@@H]1c1cnc2cnc3[nH]ccc3n12.[HH]. The van der Waals surface area contributed by atoms with E-state index in [2.05, 4.69) is 26.3 Å². The zero-order valence-electron chi connectivity index (χ0n) is 13.4.